The summed E-state index contributed by atoms with van der Waals surface area (Å²) < 4.78 is 11.0. The summed E-state index contributed by atoms with van der Waals surface area (Å²) in [6, 6.07) is 23.2. The summed E-state index contributed by atoms with van der Waals surface area (Å²) in [5.74, 6) is 1.79. The first-order valence-electron chi connectivity index (χ1n) is 11.2. The van der Waals surface area contributed by atoms with Crippen LogP contribution in [0.4, 0.5) is 0 Å². The second-order valence-corrected chi connectivity index (χ2v) is 8.22. The third-order valence-electron chi connectivity index (χ3n) is 6.40. The van der Waals surface area contributed by atoms with Crippen LogP contribution < -0.4 is 9.47 Å². The monoisotopic (exact) mass is 421 g/mol. The molecule has 0 spiro atoms. The van der Waals surface area contributed by atoms with Crippen molar-refractivity contribution in [2.75, 3.05) is 14.2 Å². The lowest BCUT2D eigenvalue weighted by molar-refractivity contribution is 0.412. The maximum absolute atomic E-state index is 5.67. The maximum Gasteiger partial charge on any atom is 0.127 e. The molecule has 0 atom stereocenters. The van der Waals surface area contributed by atoms with Crippen LogP contribution in [0.1, 0.15) is 24.0 Å². The fourth-order valence-corrected chi connectivity index (χ4v) is 4.75. The quantitative estimate of drug-likeness (QED) is 0.284. The van der Waals surface area contributed by atoms with Crippen LogP contribution in [-0.4, -0.2) is 19.2 Å². The van der Waals surface area contributed by atoms with Crippen LogP contribution in [0.5, 0.6) is 11.5 Å². The molecule has 0 amide bonds. The Balaban J connectivity index is 0.000000180. The molecule has 0 unspecified atom stereocenters. The Bertz CT molecular complexity index is 1340. The summed E-state index contributed by atoms with van der Waals surface area (Å²) in [4.78, 5) is 4.01. The van der Waals surface area contributed by atoms with E-state index in [1.165, 1.54) is 63.7 Å². The van der Waals surface area contributed by atoms with Crippen molar-refractivity contribution in [3.05, 3.63) is 90.3 Å². The van der Waals surface area contributed by atoms with Gasteiger partial charge in [-0.2, -0.15) is 0 Å². The van der Waals surface area contributed by atoms with E-state index < -0.39 is 0 Å². The molecule has 3 nitrogen and oxygen atoms in total. The third kappa shape index (κ3) is 3.75. The molecule has 1 aliphatic rings. The number of ether oxygens (including phenoxy) is 2. The molecule has 1 aliphatic carbocycles. The highest BCUT2D eigenvalue weighted by Gasteiger charge is 2.16. The maximum atomic E-state index is 5.67. The lowest BCUT2D eigenvalue weighted by Gasteiger charge is -2.20. The normalized spacial score (nSPS) is 12.8. The van der Waals surface area contributed by atoms with Gasteiger partial charge >= 0.3 is 0 Å². The Morgan fingerprint density at radius 2 is 1.47 bits per heavy atom. The largest absolute Gasteiger partial charge is 0.497 e. The van der Waals surface area contributed by atoms with Gasteiger partial charge in [-0.3, -0.25) is 4.98 Å². The predicted octanol–water partition coefficient (Wildman–Crippen LogP) is 7.12. The van der Waals surface area contributed by atoms with E-state index in [0.717, 1.165) is 16.9 Å². The number of aromatic nitrogens is 1. The van der Waals surface area contributed by atoms with Gasteiger partial charge in [0.1, 0.15) is 11.5 Å². The Labute approximate surface area is 188 Å². The minimum absolute atomic E-state index is 0.864. The van der Waals surface area contributed by atoms with Crippen LogP contribution in [0.15, 0.2) is 79.1 Å². The van der Waals surface area contributed by atoms with Crippen molar-refractivity contribution in [3.8, 4) is 11.5 Å². The third-order valence-corrected chi connectivity index (χ3v) is 6.40. The number of benzene rings is 4. The van der Waals surface area contributed by atoms with Gasteiger partial charge in [0.2, 0.25) is 0 Å². The molecule has 1 heterocycles. The molecular formula is C29H27NO2. The molecule has 0 saturated carbocycles. The number of pyridine rings is 1. The van der Waals surface area contributed by atoms with Gasteiger partial charge in [-0.15, -0.1) is 0 Å². The van der Waals surface area contributed by atoms with Crippen LogP contribution >= 0.6 is 0 Å². The van der Waals surface area contributed by atoms with Crippen LogP contribution in [-0.2, 0) is 12.8 Å². The number of hydrogen-bond donors (Lipinski definition) is 0. The lowest BCUT2D eigenvalue weighted by atomic mass is 9.86. The molecule has 0 N–H and O–H groups in total. The summed E-state index contributed by atoms with van der Waals surface area (Å²) in [6.45, 7) is 0. The minimum Gasteiger partial charge on any atom is -0.497 e. The van der Waals surface area contributed by atoms with E-state index in [2.05, 4.69) is 47.4 Å². The van der Waals surface area contributed by atoms with E-state index in [4.69, 9.17) is 9.47 Å². The fraction of sp³-hybridized carbons (Fsp3) is 0.207. The van der Waals surface area contributed by atoms with Gasteiger partial charge in [-0.25, -0.2) is 0 Å². The molecule has 0 aliphatic heterocycles. The number of aryl methyl sites for hydroxylation is 2. The molecule has 0 saturated heterocycles. The highest BCUT2D eigenvalue weighted by molar-refractivity contribution is 6.12. The van der Waals surface area contributed by atoms with Gasteiger partial charge in [0.15, 0.2) is 0 Å². The van der Waals surface area contributed by atoms with Crippen molar-refractivity contribution in [2.24, 2.45) is 0 Å². The summed E-state index contributed by atoms with van der Waals surface area (Å²) in [7, 11) is 3.44. The molecule has 0 bridgehead atoms. The predicted molar refractivity (Wildman–Crippen MR) is 133 cm³/mol. The topological polar surface area (TPSA) is 31.4 Å². The van der Waals surface area contributed by atoms with E-state index in [1.807, 2.05) is 36.7 Å². The average molecular weight is 422 g/mol. The molecule has 3 heteroatoms. The average Bonchev–Trinajstić information content (AvgIpc) is 2.88. The number of rotatable bonds is 2. The van der Waals surface area contributed by atoms with Gasteiger partial charge < -0.3 is 9.47 Å². The Morgan fingerprint density at radius 3 is 2.28 bits per heavy atom. The van der Waals surface area contributed by atoms with Crippen LogP contribution in [0.3, 0.4) is 0 Å². The molecule has 1 aromatic heterocycles. The molecule has 0 radical (unpaired) electrons. The van der Waals surface area contributed by atoms with E-state index in [9.17, 15) is 0 Å². The van der Waals surface area contributed by atoms with Gasteiger partial charge in [0.05, 0.1) is 14.2 Å². The van der Waals surface area contributed by atoms with E-state index in [-0.39, 0.29) is 0 Å². The Morgan fingerprint density at radius 1 is 0.688 bits per heavy atom. The minimum atomic E-state index is 0.864. The summed E-state index contributed by atoms with van der Waals surface area (Å²) in [5, 5.41) is 7.47. The first-order chi connectivity index (χ1) is 15.8. The van der Waals surface area contributed by atoms with Crippen molar-refractivity contribution >= 4 is 32.3 Å². The number of nitrogens with zero attached hydrogens (tertiary/aromatic N) is 1. The van der Waals surface area contributed by atoms with Crippen LogP contribution in [0, 0.1) is 0 Å². The van der Waals surface area contributed by atoms with Crippen molar-refractivity contribution < 1.29 is 9.47 Å². The molecule has 0 fully saturated rings. The lowest BCUT2D eigenvalue weighted by Crippen LogP contribution is -2.03. The standard InChI is InChI=1S/C20H20O2.C9H7N/c1-21-14-8-10-17-16-9-7-13-5-3-4-6-15(13)18(16)12-20(22-2)19(17)11-14;1-2-4-9-7-10-6-5-8(9)3-1/h7-12H,3-6H2,1-2H3;1-7H. The Kier molecular flexibility index (Phi) is 5.64. The molecule has 160 valence electrons. The van der Waals surface area contributed by atoms with E-state index in [0.29, 0.717) is 0 Å². The zero-order valence-electron chi connectivity index (χ0n) is 18.6. The first kappa shape index (κ1) is 20.3. The molecular weight excluding hydrogens is 394 g/mol. The van der Waals surface area contributed by atoms with Gasteiger partial charge in [-0.05, 0) is 94.1 Å². The smallest absolute Gasteiger partial charge is 0.127 e. The van der Waals surface area contributed by atoms with Crippen LogP contribution in [0.2, 0.25) is 0 Å². The second kappa shape index (κ2) is 8.88. The summed E-state index contributed by atoms with van der Waals surface area (Å²) in [6.07, 6.45) is 8.65. The van der Waals surface area contributed by atoms with Gasteiger partial charge in [0.25, 0.3) is 0 Å². The highest BCUT2D eigenvalue weighted by atomic mass is 16.5. The summed E-state index contributed by atoms with van der Waals surface area (Å²) in [5.41, 5.74) is 3.02. The van der Waals surface area contributed by atoms with Gasteiger partial charge in [0, 0.05) is 17.8 Å². The number of methoxy groups -OCH3 is 2. The molecule has 32 heavy (non-hydrogen) atoms. The number of hydrogen-bond acceptors (Lipinski definition) is 3. The van der Waals surface area contributed by atoms with Crippen molar-refractivity contribution in [2.45, 2.75) is 25.7 Å². The molecule has 6 rings (SSSR count). The zero-order valence-corrected chi connectivity index (χ0v) is 18.6. The number of fused-ring (bicyclic) bond motifs is 6. The van der Waals surface area contributed by atoms with Crippen LogP contribution in [0.25, 0.3) is 32.3 Å². The van der Waals surface area contributed by atoms with Crippen molar-refractivity contribution in [3.63, 3.8) is 0 Å². The molecule has 5 aromatic rings. The van der Waals surface area contributed by atoms with E-state index >= 15 is 0 Å². The zero-order chi connectivity index (χ0) is 21.9. The Hall–Kier alpha value is -3.59. The highest BCUT2D eigenvalue weighted by Crippen LogP contribution is 2.39. The van der Waals surface area contributed by atoms with E-state index in [1.54, 1.807) is 14.2 Å². The SMILES string of the molecule is COc1ccc2c(c1)c(OC)cc1c3c(ccc12)CCCC3.c1ccc2cnccc2c1. The van der Waals surface area contributed by atoms with Crippen molar-refractivity contribution in [1.29, 1.82) is 0 Å². The van der Waals surface area contributed by atoms with Gasteiger partial charge in [-0.1, -0.05) is 36.4 Å². The second-order valence-electron chi connectivity index (χ2n) is 8.22. The molecule has 4 aromatic carbocycles. The van der Waals surface area contributed by atoms with Crippen molar-refractivity contribution in [1.82, 2.24) is 4.98 Å². The fourth-order valence-electron chi connectivity index (χ4n) is 4.75. The summed E-state index contributed by atoms with van der Waals surface area (Å²) >= 11 is 0. The first-order valence-corrected chi connectivity index (χ1v) is 11.2.